The molecule has 5 nitrogen and oxygen atoms in total. The van der Waals surface area contributed by atoms with Crippen LogP contribution in [-0.4, -0.2) is 53.4 Å². The lowest BCUT2D eigenvalue weighted by Crippen LogP contribution is -2.58. The maximum Gasteiger partial charge on any atom is 0.319 e. The monoisotopic (exact) mass is 508 g/mol. The second-order valence-corrected chi connectivity index (χ2v) is 27.9. The first-order chi connectivity index (χ1) is 14.2. The molecule has 0 fully saturated rings. The van der Waals surface area contributed by atoms with Gasteiger partial charge in [-0.1, -0.05) is 51.9 Å². The van der Waals surface area contributed by atoms with Crippen molar-refractivity contribution in [2.24, 2.45) is 5.73 Å². The van der Waals surface area contributed by atoms with Crippen molar-refractivity contribution >= 4 is 33.8 Å². The van der Waals surface area contributed by atoms with Crippen LogP contribution in [0, 0.1) is 0 Å². The molecule has 9 heteroatoms. The largest absolute Gasteiger partial charge is 0.437 e. The van der Waals surface area contributed by atoms with Gasteiger partial charge in [0.1, 0.15) is 0 Å². The molecule has 0 amide bonds. The maximum absolute atomic E-state index is 7.10. The molecule has 0 aliphatic rings. The summed E-state index contributed by atoms with van der Waals surface area (Å²) in [6.07, 6.45) is 10.2. The van der Waals surface area contributed by atoms with E-state index in [9.17, 15) is 0 Å². The van der Waals surface area contributed by atoms with Crippen molar-refractivity contribution in [2.45, 2.75) is 123 Å². The summed E-state index contributed by atoms with van der Waals surface area (Å²) in [5.41, 5.74) is 5.60. The predicted octanol–water partition coefficient (Wildman–Crippen LogP) is 6.54. The van der Waals surface area contributed by atoms with E-state index in [0.29, 0.717) is 6.54 Å². The Hall–Kier alpha value is 0.668. The molecule has 188 valence electrons. The van der Waals surface area contributed by atoms with Crippen molar-refractivity contribution in [3.8, 4) is 0 Å². The minimum atomic E-state index is -2.33. The Morgan fingerprint density at radius 1 is 0.613 bits per heavy atom. The smallest absolute Gasteiger partial charge is 0.319 e. The number of nitrogens with one attached hydrogen (secondary N) is 1. The van der Waals surface area contributed by atoms with Gasteiger partial charge in [-0.05, 0) is 77.4 Å². The van der Waals surface area contributed by atoms with Gasteiger partial charge in [0.15, 0.2) is 16.6 Å². The fraction of sp³-hybridized carbons (Fsp3) is 1.00. The van der Waals surface area contributed by atoms with Gasteiger partial charge in [-0.25, -0.2) is 0 Å². The zero-order chi connectivity index (χ0) is 24.0. The number of rotatable bonds is 20. The molecule has 31 heavy (non-hydrogen) atoms. The summed E-state index contributed by atoms with van der Waals surface area (Å²) >= 11 is 0. The van der Waals surface area contributed by atoms with Gasteiger partial charge in [-0.2, -0.15) is 0 Å². The van der Waals surface area contributed by atoms with Crippen LogP contribution in [0.5, 0.6) is 0 Å². The minimum Gasteiger partial charge on any atom is -0.437 e. The van der Waals surface area contributed by atoms with Crippen molar-refractivity contribution in [1.82, 2.24) is 5.32 Å². The van der Waals surface area contributed by atoms with Crippen LogP contribution in [0.4, 0.5) is 0 Å². The maximum atomic E-state index is 7.10. The van der Waals surface area contributed by atoms with Crippen molar-refractivity contribution in [3.63, 3.8) is 0 Å². The second kappa shape index (κ2) is 15.5. The summed E-state index contributed by atoms with van der Waals surface area (Å²) in [6, 6.07) is 2.20. The van der Waals surface area contributed by atoms with Crippen LogP contribution >= 0.6 is 0 Å². The second-order valence-electron chi connectivity index (χ2n) is 11.4. The lowest BCUT2D eigenvalue weighted by molar-refractivity contribution is 0.312. The molecule has 0 radical (unpaired) electrons. The standard InChI is InChI=1S/C22H56N2O3Si4/c1-10-11-12-13-14-16-21-31(26-29(5,6)7,22-17-15-19-24-20-18-23)27-30(8,9)25-28(2,3)4/h24H,10-23H2,1-9H3. The van der Waals surface area contributed by atoms with E-state index in [1.54, 1.807) is 0 Å². The van der Waals surface area contributed by atoms with Crippen molar-refractivity contribution in [2.75, 3.05) is 19.6 Å². The number of nitrogens with two attached hydrogens (primary N) is 1. The predicted molar refractivity (Wildman–Crippen MR) is 147 cm³/mol. The molecule has 0 rings (SSSR count). The molecule has 0 heterocycles. The molecule has 3 N–H and O–H groups in total. The van der Waals surface area contributed by atoms with Crippen LogP contribution in [0.15, 0.2) is 0 Å². The van der Waals surface area contributed by atoms with Gasteiger partial charge in [-0.3, -0.25) is 0 Å². The van der Waals surface area contributed by atoms with E-state index < -0.39 is 33.8 Å². The topological polar surface area (TPSA) is 65.7 Å². The van der Waals surface area contributed by atoms with Crippen LogP contribution in [0.25, 0.3) is 0 Å². The summed E-state index contributed by atoms with van der Waals surface area (Å²) in [4.78, 5) is 0. The zero-order valence-corrected chi connectivity index (χ0v) is 26.5. The first-order valence-electron chi connectivity index (χ1n) is 12.8. The van der Waals surface area contributed by atoms with E-state index in [2.05, 4.69) is 64.6 Å². The van der Waals surface area contributed by atoms with Crippen molar-refractivity contribution in [1.29, 1.82) is 0 Å². The molecule has 0 spiro atoms. The molecule has 0 aliphatic heterocycles. The van der Waals surface area contributed by atoms with Crippen LogP contribution in [-0.2, 0) is 12.3 Å². The average molecular weight is 509 g/mol. The summed E-state index contributed by atoms with van der Waals surface area (Å²) in [7, 11) is -7.98. The van der Waals surface area contributed by atoms with E-state index in [0.717, 1.165) is 38.0 Å². The van der Waals surface area contributed by atoms with Crippen molar-refractivity contribution in [3.05, 3.63) is 0 Å². The van der Waals surface area contributed by atoms with Crippen LogP contribution in [0.3, 0.4) is 0 Å². The Kier molecular flexibility index (Phi) is 15.9. The molecular weight excluding hydrogens is 453 g/mol. The van der Waals surface area contributed by atoms with Gasteiger partial charge in [0.05, 0.1) is 0 Å². The van der Waals surface area contributed by atoms with Crippen LogP contribution in [0.2, 0.25) is 64.5 Å². The number of hydrogen-bond acceptors (Lipinski definition) is 5. The van der Waals surface area contributed by atoms with E-state index in [1.807, 2.05) is 0 Å². The summed E-state index contributed by atoms with van der Waals surface area (Å²) in [6.45, 7) is 23.1. The highest BCUT2D eigenvalue weighted by molar-refractivity contribution is 6.89. The number of unbranched alkanes of at least 4 members (excludes halogenated alkanes) is 6. The van der Waals surface area contributed by atoms with Gasteiger partial charge in [0, 0.05) is 13.1 Å². The molecule has 0 bridgehead atoms. The Balaban J connectivity index is 5.31. The van der Waals surface area contributed by atoms with Crippen molar-refractivity contribution < 1.29 is 12.3 Å². The van der Waals surface area contributed by atoms with Gasteiger partial charge in [0.25, 0.3) is 0 Å². The Morgan fingerprint density at radius 2 is 1.13 bits per heavy atom. The van der Waals surface area contributed by atoms with Gasteiger partial charge < -0.3 is 23.4 Å². The summed E-state index contributed by atoms with van der Waals surface area (Å²) in [5, 5.41) is 3.43. The normalized spacial score (nSPS) is 15.3. The highest BCUT2D eigenvalue weighted by atomic mass is 28.5. The van der Waals surface area contributed by atoms with Gasteiger partial charge in [-0.15, -0.1) is 0 Å². The number of hydrogen-bond donors (Lipinski definition) is 2. The Labute approximate surface area is 199 Å². The molecule has 0 aromatic carbocycles. The quantitative estimate of drug-likeness (QED) is 0.144. The molecule has 0 saturated carbocycles. The highest BCUT2D eigenvalue weighted by Gasteiger charge is 2.46. The third-order valence-electron chi connectivity index (χ3n) is 4.87. The average Bonchev–Trinajstić information content (AvgIpc) is 2.57. The lowest BCUT2D eigenvalue weighted by atomic mass is 10.1. The minimum absolute atomic E-state index is 0.701. The molecule has 0 aromatic rings. The summed E-state index contributed by atoms with van der Waals surface area (Å²) in [5.74, 6) is 0. The van der Waals surface area contributed by atoms with Gasteiger partial charge in [0.2, 0.25) is 0 Å². The Morgan fingerprint density at radius 3 is 1.65 bits per heavy atom. The molecule has 0 aliphatic carbocycles. The van der Waals surface area contributed by atoms with E-state index in [1.165, 1.54) is 38.5 Å². The lowest BCUT2D eigenvalue weighted by Gasteiger charge is -2.43. The third kappa shape index (κ3) is 18.7. The molecule has 1 atom stereocenters. The molecule has 0 aromatic heterocycles. The zero-order valence-electron chi connectivity index (χ0n) is 22.5. The fourth-order valence-corrected chi connectivity index (χ4v) is 22.7. The van der Waals surface area contributed by atoms with E-state index in [4.69, 9.17) is 18.1 Å². The third-order valence-corrected chi connectivity index (χ3v) is 18.9. The highest BCUT2D eigenvalue weighted by Crippen LogP contribution is 2.33. The van der Waals surface area contributed by atoms with E-state index >= 15 is 0 Å². The fourth-order valence-electron chi connectivity index (χ4n) is 4.16. The Bertz CT molecular complexity index is 439. The van der Waals surface area contributed by atoms with Crippen LogP contribution in [0.1, 0.15) is 58.3 Å². The molecular formula is C22H56N2O3Si4. The van der Waals surface area contributed by atoms with Gasteiger partial charge >= 0.3 is 17.1 Å². The SMILES string of the molecule is CCCCCCCC[Si](CCCCNCCN)(O[Si](C)(C)C)O[Si](C)(C)O[Si](C)(C)C. The molecule has 1 unspecified atom stereocenters. The summed E-state index contributed by atoms with van der Waals surface area (Å²) < 4.78 is 20.7. The van der Waals surface area contributed by atoms with E-state index in [-0.39, 0.29) is 0 Å². The first-order valence-corrected chi connectivity index (χ1v) is 24.6. The first kappa shape index (κ1) is 31.7. The van der Waals surface area contributed by atoms with Crippen LogP contribution < -0.4 is 11.1 Å². The molecule has 0 saturated heterocycles.